The first-order valence-electron chi connectivity index (χ1n) is 10.7. The summed E-state index contributed by atoms with van der Waals surface area (Å²) in [7, 11) is 0. The largest absolute Gasteiger partial charge is 0.494 e. The number of nitrogens with one attached hydrogen (secondary N) is 1. The van der Waals surface area contributed by atoms with Crippen LogP contribution in [0.15, 0.2) is 72.8 Å². The van der Waals surface area contributed by atoms with Crippen LogP contribution in [-0.2, 0) is 9.59 Å². The molecule has 1 aliphatic rings. The van der Waals surface area contributed by atoms with Crippen LogP contribution in [-0.4, -0.2) is 31.6 Å². The number of benzene rings is 3. The fourth-order valence-corrected chi connectivity index (χ4v) is 3.91. The van der Waals surface area contributed by atoms with E-state index in [-0.39, 0.29) is 18.4 Å². The van der Waals surface area contributed by atoms with E-state index in [0.717, 1.165) is 5.75 Å². The van der Waals surface area contributed by atoms with Crippen LogP contribution in [0.25, 0.3) is 6.08 Å². The third-order valence-electron chi connectivity index (χ3n) is 5.08. The quantitative estimate of drug-likeness (QED) is 0.314. The van der Waals surface area contributed by atoms with Gasteiger partial charge in [0.05, 0.1) is 12.3 Å². The van der Waals surface area contributed by atoms with Crippen LogP contribution in [0.4, 0.5) is 11.4 Å². The van der Waals surface area contributed by atoms with Crippen molar-refractivity contribution in [2.45, 2.75) is 6.42 Å². The van der Waals surface area contributed by atoms with Crippen LogP contribution < -0.4 is 19.7 Å². The van der Waals surface area contributed by atoms with Crippen molar-refractivity contribution >= 4 is 52.5 Å². The van der Waals surface area contributed by atoms with Crippen molar-refractivity contribution in [1.82, 2.24) is 0 Å². The Hall–Kier alpha value is -3.48. The van der Waals surface area contributed by atoms with E-state index in [1.807, 2.05) is 30.3 Å². The van der Waals surface area contributed by atoms with E-state index in [9.17, 15) is 9.59 Å². The molecule has 3 aromatic carbocycles. The lowest BCUT2D eigenvalue weighted by Crippen LogP contribution is -2.39. The second kappa shape index (κ2) is 11.1. The van der Waals surface area contributed by atoms with Gasteiger partial charge in [-0.15, -0.1) is 0 Å². The van der Waals surface area contributed by atoms with Crippen molar-refractivity contribution in [3.63, 3.8) is 0 Å². The molecule has 1 N–H and O–H groups in total. The molecule has 34 heavy (non-hydrogen) atoms. The van der Waals surface area contributed by atoms with Crippen LogP contribution in [0.1, 0.15) is 12.0 Å². The second-order valence-electron chi connectivity index (χ2n) is 7.52. The average molecular weight is 497 g/mol. The molecule has 2 amide bonds. The predicted molar refractivity (Wildman–Crippen MR) is 135 cm³/mol. The Morgan fingerprint density at radius 3 is 2.71 bits per heavy atom. The number of hydrogen-bond acceptors (Lipinski definition) is 4. The molecule has 4 rings (SSSR count). The monoisotopic (exact) mass is 496 g/mol. The number of carbonyl (C=O) groups is 2. The summed E-state index contributed by atoms with van der Waals surface area (Å²) in [5, 5.41) is 3.78. The van der Waals surface area contributed by atoms with Gasteiger partial charge in [0.1, 0.15) is 11.5 Å². The molecule has 0 saturated carbocycles. The third-order valence-corrected chi connectivity index (χ3v) is 5.65. The maximum atomic E-state index is 12.5. The smallest absolute Gasteiger partial charge is 0.265 e. The lowest BCUT2D eigenvalue weighted by atomic mass is 10.2. The first-order valence-corrected chi connectivity index (χ1v) is 11.4. The summed E-state index contributed by atoms with van der Waals surface area (Å²) in [5.41, 5.74) is 1.83. The third kappa shape index (κ3) is 6.10. The minimum atomic E-state index is -0.336. The topological polar surface area (TPSA) is 67.9 Å². The number of anilines is 2. The molecule has 1 aliphatic heterocycles. The molecule has 1 heterocycles. The first kappa shape index (κ1) is 23.7. The number of carbonyl (C=O) groups excluding carboxylic acids is 2. The van der Waals surface area contributed by atoms with Gasteiger partial charge >= 0.3 is 0 Å². The standard InChI is InChI=1S/C26H22Cl2N2O4/c27-19-9-7-18(22(28)15-19)8-12-25(31)29-20-10-11-24-23(16-20)30(26(32)17-34-24)13-4-14-33-21-5-2-1-3-6-21/h1-3,5-12,15-16H,4,13-14,17H2,(H,29,31)/b12-8+. The Kier molecular flexibility index (Phi) is 7.72. The molecule has 6 nitrogen and oxygen atoms in total. The van der Waals surface area contributed by atoms with Crippen LogP contribution in [0.3, 0.4) is 0 Å². The molecule has 0 aromatic heterocycles. The van der Waals surface area contributed by atoms with Gasteiger partial charge in [0.2, 0.25) is 5.91 Å². The summed E-state index contributed by atoms with van der Waals surface area (Å²) in [6.45, 7) is 0.912. The molecule has 3 aromatic rings. The predicted octanol–water partition coefficient (Wildman–Crippen LogP) is 5.84. The Labute approximate surface area is 207 Å². The van der Waals surface area contributed by atoms with E-state index in [2.05, 4.69) is 5.32 Å². The van der Waals surface area contributed by atoms with Crippen molar-refractivity contribution in [3.05, 3.63) is 88.4 Å². The van der Waals surface area contributed by atoms with E-state index in [0.29, 0.717) is 52.3 Å². The molecule has 0 spiro atoms. The number of amides is 2. The molecule has 0 saturated heterocycles. The van der Waals surface area contributed by atoms with E-state index in [4.69, 9.17) is 32.7 Å². The number of nitrogens with zero attached hydrogens (tertiary/aromatic N) is 1. The summed E-state index contributed by atoms with van der Waals surface area (Å²) in [6.07, 6.45) is 3.63. The molecule has 0 atom stereocenters. The summed E-state index contributed by atoms with van der Waals surface area (Å²) < 4.78 is 11.3. The zero-order valence-corrected chi connectivity index (χ0v) is 19.7. The Balaban J connectivity index is 1.39. The Morgan fingerprint density at radius 2 is 1.91 bits per heavy atom. The van der Waals surface area contributed by atoms with Gasteiger partial charge in [0.25, 0.3) is 5.91 Å². The minimum absolute atomic E-state index is 0.0250. The molecule has 0 fully saturated rings. The van der Waals surface area contributed by atoms with Gasteiger partial charge in [-0.25, -0.2) is 0 Å². The van der Waals surface area contributed by atoms with E-state index in [1.165, 1.54) is 6.08 Å². The van der Waals surface area contributed by atoms with Crippen molar-refractivity contribution in [1.29, 1.82) is 0 Å². The number of ether oxygens (including phenoxy) is 2. The van der Waals surface area contributed by atoms with Crippen molar-refractivity contribution in [3.8, 4) is 11.5 Å². The summed E-state index contributed by atoms with van der Waals surface area (Å²) in [6, 6.07) is 19.8. The molecule has 0 aliphatic carbocycles. The molecule has 0 bridgehead atoms. The SMILES string of the molecule is O=C(/C=C/c1ccc(Cl)cc1Cl)Nc1ccc2c(c1)N(CCCOc1ccccc1)C(=O)CO2. The van der Waals surface area contributed by atoms with Crippen LogP contribution in [0, 0.1) is 0 Å². The fraction of sp³-hybridized carbons (Fsp3) is 0.154. The number of halogens is 2. The maximum absolute atomic E-state index is 12.5. The van der Waals surface area contributed by atoms with Gasteiger partial charge in [-0.1, -0.05) is 47.5 Å². The number of fused-ring (bicyclic) bond motifs is 1. The second-order valence-corrected chi connectivity index (χ2v) is 8.36. The Morgan fingerprint density at radius 1 is 1.09 bits per heavy atom. The fourth-order valence-electron chi connectivity index (χ4n) is 3.44. The zero-order valence-electron chi connectivity index (χ0n) is 18.2. The van der Waals surface area contributed by atoms with E-state index in [1.54, 1.807) is 47.4 Å². The van der Waals surface area contributed by atoms with E-state index < -0.39 is 0 Å². The average Bonchev–Trinajstić information content (AvgIpc) is 2.83. The van der Waals surface area contributed by atoms with Gasteiger partial charge in [-0.05, 0) is 60.5 Å². The number of para-hydroxylation sites is 1. The van der Waals surface area contributed by atoms with Gasteiger partial charge < -0.3 is 19.7 Å². The minimum Gasteiger partial charge on any atom is -0.494 e. The lowest BCUT2D eigenvalue weighted by Gasteiger charge is -2.29. The van der Waals surface area contributed by atoms with Gasteiger partial charge in [-0.3, -0.25) is 9.59 Å². The highest BCUT2D eigenvalue weighted by Gasteiger charge is 2.25. The normalized spacial score (nSPS) is 12.9. The zero-order chi connectivity index (χ0) is 23.9. The van der Waals surface area contributed by atoms with Crippen LogP contribution in [0.2, 0.25) is 10.0 Å². The highest BCUT2D eigenvalue weighted by atomic mass is 35.5. The van der Waals surface area contributed by atoms with E-state index >= 15 is 0 Å². The Bertz CT molecular complexity index is 1210. The molecular weight excluding hydrogens is 475 g/mol. The number of hydrogen-bond donors (Lipinski definition) is 1. The lowest BCUT2D eigenvalue weighted by molar-refractivity contribution is -0.121. The van der Waals surface area contributed by atoms with Crippen LogP contribution in [0.5, 0.6) is 11.5 Å². The van der Waals surface area contributed by atoms with Crippen molar-refractivity contribution in [2.24, 2.45) is 0 Å². The van der Waals surface area contributed by atoms with Crippen molar-refractivity contribution in [2.75, 3.05) is 30.0 Å². The molecular formula is C26H22Cl2N2O4. The summed E-state index contributed by atoms with van der Waals surface area (Å²) >= 11 is 12.0. The summed E-state index contributed by atoms with van der Waals surface area (Å²) in [4.78, 5) is 26.6. The molecule has 8 heteroatoms. The number of rotatable bonds is 8. The highest BCUT2D eigenvalue weighted by molar-refractivity contribution is 6.35. The molecule has 0 unspecified atom stereocenters. The first-order chi connectivity index (χ1) is 16.5. The van der Waals surface area contributed by atoms with Gasteiger partial charge in [0.15, 0.2) is 6.61 Å². The molecule has 0 radical (unpaired) electrons. The summed E-state index contributed by atoms with van der Waals surface area (Å²) in [5.74, 6) is 0.893. The molecule has 174 valence electrons. The highest BCUT2D eigenvalue weighted by Crippen LogP contribution is 2.34. The van der Waals surface area contributed by atoms with Gasteiger partial charge in [0, 0.05) is 28.4 Å². The van der Waals surface area contributed by atoms with Crippen molar-refractivity contribution < 1.29 is 19.1 Å². The van der Waals surface area contributed by atoms with Gasteiger partial charge in [-0.2, -0.15) is 0 Å². The maximum Gasteiger partial charge on any atom is 0.265 e. The van der Waals surface area contributed by atoms with Crippen LogP contribution >= 0.6 is 23.2 Å².